The van der Waals surface area contributed by atoms with Gasteiger partial charge >= 0.3 is 5.97 Å². The summed E-state index contributed by atoms with van der Waals surface area (Å²) >= 11 is 0. The van der Waals surface area contributed by atoms with E-state index in [4.69, 9.17) is 4.74 Å². The molecule has 4 heteroatoms. The number of nitrogens with zero attached hydrogens (tertiary/aromatic N) is 1. The summed E-state index contributed by atoms with van der Waals surface area (Å²) in [6.45, 7) is 2.81. The molecule has 1 atom stereocenters. The highest BCUT2D eigenvalue weighted by Gasteiger charge is 2.30. The van der Waals surface area contributed by atoms with Crippen LogP contribution in [0, 0.1) is 0 Å². The molecule has 0 bridgehead atoms. The molecule has 1 unspecified atom stereocenters. The lowest BCUT2D eigenvalue weighted by Crippen LogP contribution is -2.36. The summed E-state index contributed by atoms with van der Waals surface area (Å²) in [6.07, 6.45) is 2.34. The Labute approximate surface area is 71.5 Å². The molecule has 0 spiro atoms. The molecule has 1 aliphatic heterocycles. The Morgan fingerprint density at radius 1 is 1.75 bits per heavy atom. The highest BCUT2D eigenvalue weighted by molar-refractivity contribution is 5.78. The molecule has 1 fully saturated rings. The molecule has 1 amide bonds. The van der Waals surface area contributed by atoms with Crippen molar-refractivity contribution in [2.75, 3.05) is 13.2 Å². The van der Waals surface area contributed by atoms with E-state index in [9.17, 15) is 9.59 Å². The summed E-state index contributed by atoms with van der Waals surface area (Å²) in [4.78, 5) is 23.1. The van der Waals surface area contributed by atoms with E-state index in [0.29, 0.717) is 19.6 Å². The predicted molar refractivity (Wildman–Crippen MR) is 42.4 cm³/mol. The lowest BCUT2D eigenvalue weighted by molar-refractivity contribution is -0.150. The molecule has 0 aliphatic carbocycles. The number of likely N-dealkylation sites (tertiary alicyclic amines) is 1. The van der Waals surface area contributed by atoms with Gasteiger partial charge in [-0.1, -0.05) is 0 Å². The maximum absolute atomic E-state index is 11.2. The van der Waals surface area contributed by atoms with Crippen LogP contribution in [-0.2, 0) is 14.3 Å². The number of carbonyl (C=O) groups excluding carboxylic acids is 2. The van der Waals surface area contributed by atoms with Crippen molar-refractivity contribution in [3.63, 3.8) is 0 Å². The van der Waals surface area contributed by atoms with E-state index >= 15 is 0 Å². The third-order valence-corrected chi connectivity index (χ3v) is 1.99. The first-order valence-electron chi connectivity index (χ1n) is 4.17. The molecular formula is C8H13NO3. The average Bonchev–Trinajstić information content (AvgIpc) is 2.51. The van der Waals surface area contributed by atoms with Crippen molar-refractivity contribution in [2.45, 2.75) is 25.8 Å². The second-order valence-electron chi connectivity index (χ2n) is 2.75. The van der Waals surface area contributed by atoms with E-state index in [0.717, 1.165) is 12.8 Å². The topological polar surface area (TPSA) is 46.6 Å². The van der Waals surface area contributed by atoms with Crippen LogP contribution < -0.4 is 0 Å². The van der Waals surface area contributed by atoms with Crippen LogP contribution in [0.2, 0.25) is 0 Å². The molecule has 0 aromatic heterocycles. The molecule has 0 N–H and O–H groups in total. The quantitative estimate of drug-likeness (QED) is 0.449. The smallest absolute Gasteiger partial charge is 0.328 e. The second-order valence-corrected chi connectivity index (χ2v) is 2.75. The van der Waals surface area contributed by atoms with E-state index in [1.165, 1.54) is 4.90 Å². The van der Waals surface area contributed by atoms with Crippen LogP contribution in [0.5, 0.6) is 0 Å². The fraction of sp³-hybridized carbons (Fsp3) is 0.750. The van der Waals surface area contributed by atoms with Crippen LogP contribution in [0.4, 0.5) is 0 Å². The zero-order valence-corrected chi connectivity index (χ0v) is 7.16. The predicted octanol–water partition coefficient (Wildman–Crippen LogP) is 0.170. The van der Waals surface area contributed by atoms with Gasteiger partial charge in [0.2, 0.25) is 6.41 Å². The fourth-order valence-corrected chi connectivity index (χ4v) is 1.41. The van der Waals surface area contributed by atoms with Crippen LogP contribution in [0.3, 0.4) is 0 Å². The molecule has 0 saturated carbocycles. The van der Waals surface area contributed by atoms with Crippen LogP contribution in [0.1, 0.15) is 19.8 Å². The van der Waals surface area contributed by atoms with Gasteiger partial charge < -0.3 is 9.64 Å². The summed E-state index contributed by atoms with van der Waals surface area (Å²) < 4.78 is 4.82. The van der Waals surface area contributed by atoms with Gasteiger partial charge in [0.25, 0.3) is 0 Å². The summed E-state index contributed by atoms with van der Waals surface area (Å²) in [5.41, 5.74) is 0. The van der Waals surface area contributed by atoms with Crippen molar-refractivity contribution in [3.8, 4) is 0 Å². The lowest BCUT2D eigenvalue weighted by atomic mass is 10.2. The third kappa shape index (κ3) is 1.75. The molecule has 0 aromatic rings. The van der Waals surface area contributed by atoms with Gasteiger partial charge in [-0.2, -0.15) is 0 Å². The number of hydrogen-bond acceptors (Lipinski definition) is 3. The molecule has 0 radical (unpaired) electrons. The standard InChI is InChI=1S/C8H13NO3/c1-2-12-8(11)7-4-3-5-9(7)6-10/h6-7H,2-5H2,1H3. The maximum atomic E-state index is 11.2. The van der Waals surface area contributed by atoms with E-state index in [1.54, 1.807) is 6.92 Å². The van der Waals surface area contributed by atoms with E-state index < -0.39 is 0 Å². The van der Waals surface area contributed by atoms with Gasteiger partial charge in [-0.15, -0.1) is 0 Å². The minimum atomic E-state index is -0.331. The Kier molecular flexibility index (Phi) is 3.08. The van der Waals surface area contributed by atoms with Crippen molar-refractivity contribution >= 4 is 12.4 Å². The highest BCUT2D eigenvalue weighted by Crippen LogP contribution is 2.15. The first-order valence-corrected chi connectivity index (χ1v) is 4.17. The Hall–Kier alpha value is -1.06. The van der Waals surface area contributed by atoms with Gasteiger partial charge in [0, 0.05) is 6.54 Å². The molecule has 1 heterocycles. The zero-order chi connectivity index (χ0) is 8.97. The Morgan fingerprint density at radius 3 is 3.08 bits per heavy atom. The summed E-state index contributed by atoms with van der Waals surface area (Å²) in [5, 5.41) is 0. The Bertz CT molecular complexity index is 181. The number of amides is 1. The molecular weight excluding hydrogens is 158 g/mol. The van der Waals surface area contributed by atoms with E-state index in [1.807, 2.05) is 0 Å². The van der Waals surface area contributed by atoms with Gasteiger partial charge in [0.05, 0.1) is 6.61 Å². The molecule has 1 aliphatic rings. The third-order valence-electron chi connectivity index (χ3n) is 1.99. The zero-order valence-electron chi connectivity index (χ0n) is 7.16. The highest BCUT2D eigenvalue weighted by atomic mass is 16.5. The Morgan fingerprint density at radius 2 is 2.50 bits per heavy atom. The van der Waals surface area contributed by atoms with E-state index in [-0.39, 0.29) is 12.0 Å². The van der Waals surface area contributed by atoms with Crippen molar-refractivity contribution < 1.29 is 14.3 Å². The normalized spacial score (nSPS) is 22.4. The summed E-state index contributed by atoms with van der Waals surface area (Å²) in [5.74, 6) is -0.276. The van der Waals surface area contributed by atoms with Crippen molar-refractivity contribution in [2.24, 2.45) is 0 Å². The first kappa shape index (κ1) is 9.03. The molecule has 0 aromatic carbocycles. The second kappa shape index (κ2) is 4.09. The average molecular weight is 171 g/mol. The monoisotopic (exact) mass is 171 g/mol. The molecule has 68 valence electrons. The number of rotatable bonds is 3. The number of carbonyl (C=O) groups is 2. The van der Waals surface area contributed by atoms with Crippen molar-refractivity contribution in [3.05, 3.63) is 0 Å². The van der Waals surface area contributed by atoms with Crippen LogP contribution >= 0.6 is 0 Å². The lowest BCUT2D eigenvalue weighted by Gasteiger charge is -2.17. The first-order chi connectivity index (χ1) is 5.79. The molecule has 4 nitrogen and oxygen atoms in total. The largest absolute Gasteiger partial charge is 0.464 e. The number of ether oxygens (including phenoxy) is 1. The number of hydrogen-bond donors (Lipinski definition) is 0. The van der Waals surface area contributed by atoms with Gasteiger partial charge in [0.1, 0.15) is 6.04 Å². The van der Waals surface area contributed by atoms with Gasteiger partial charge in [-0.3, -0.25) is 4.79 Å². The van der Waals surface area contributed by atoms with Gasteiger partial charge in [-0.05, 0) is 19.8 Å². The van der Waals surface area contributed by atoms with E-state index in [2.05, 4.69) is 0 Å². The van der Waals surface area contributed by atoms with Gasteiger partial charge in [-0.25, -0.2) is 4.79 Å². The van der Waals surface area contributed by atoms with Crippen molar-refractivity contribution in [1.29, 1.82) is 0 Å². The fourth-order valence-electron chi connectivity index (χ4n) is 1.41. The van der Waals surface area contributed by atoms with Crippen LogP contribution in [0.15, 0.2) is 0 Å². The van der Waals surface area contributed by atoms with Crippen LogP contribution in [-0.4, -0.2) is 36.5 Å². The summed E-state index contributed by atoms with van der Waals surface area (Å²) in [7, 11) is 0. The summed E-state index contributed by atoms with van der Waals surface area (Å²) in [6, 6.07) is -0.331. The van der Waals surface area contributed by atoms with Crippen LogP contribution in [0.25, 0.3) is 0 Å². The SMILES string of the molecule is CCOC(=O)C1CCCN1C=O. The minimum absolute atomic E-state index is 0.276. The molecule has 1 rings (SSSR count). The van der Waals surface area contributed by atoms with Gasteiger partial charge in [0.15, 0.2) is 0 Å². The Balaban J connectivity index is 2.49. The minimum Gasteiger partial charge on any atom is -0.464 e. The van der Waals surface area contributed by atoms with Crippen molar-refractivity contribution in [1.82, 2.24) is 4.90 Å². The molecule has 12 heavy (non-hydrogen) atoms. The molecule has 1 saturated heterocycles. The number of esters is 1. The maximum Gasteiger partial charge on any atom is 0.328 e.